The molecule has 0 aromatic rings. The molecule has 0 radical (unpaired) electrons. The number of nitriles is 1. The maximum Gasteiger partial charge on any atom is 0.242 e. The summed E-state index contributed by atoms with van der Waals surface area (Å²) in [6.45, 7) is 3.79. The molecule has 16 heavy (non-hydrogen) atoms. The lowest BCUT2D eigenvalue weighted by Gasteiger charge is -2.32. The van der Waals surface area contributed by atoms with E-state index in [0.29, 0.717) is 6.42 Å². The molecule has 1 aliphatic heterocycles. The van der Waals surface area contributed by atoms with Crippen molar-refractivity contribution in [3.63, 3.8) is 0 Å². The lowest BCUT2D eigenvalue weighted by Crippen LogP contribution is -2.49. The zero-order valence-corrected chi connectivity index (χ0v) is 10.4. The van der Waals surface area contributed by atoms with Gasteiger partial charge in [0.25, 0.3) is 0 Å². The highest BCUT2D eigenvalue weighted by molar-refractivity contribution is 7.91. The number of hydrogen-bond acceptors (Lipinski definition) is 4. The highest BCUT2D eigenvalue weighted by atomic mass is 32.2. The van der Waals surface area contributed by atoms with Crippen LogP contribution in [0.5, 0.6) is 0 Å². The van der Waals surface area contributed by atoms with Gasteiger partial charge in [0.2, 0.25) is 5.91 Å². The molecule has 1 unspecified atom stereocenters. The Labute approximate surface area is 96.0 Å². The number of amides is 1. The Bertz CT molecular complexity index is 410. The van der Waals surface area contributed by atoms with Crippen LogP contribution in [-0.2, 0) is 14.6 Å². The summed E-state index contributed by atoms with van der Waals surface area (Å²) in [5.74, 6) is -0.249. The van der Waals surface area contributed by atoms with Gasteiger partial charge in [0, 0.05) is 13.1 Å². The Morgan fingerprint density at radius 3 is 2.31 bits per heavy atom. The van der Waals surface area contributed by atoms with E-state index in [9.17, 15) is 13.2 Å². The van der Waals surface area contributed by atoms with Crippen molar-refractivity contribution in [2.24, 2.45) is 5.41 Å². The molecule has 1 saturated heterocycles. The predicted octanol–water partition coefficient (Wildman–Crippen LogP) is 0.183. The van der Waals surface area contributed by atoms with Crippen LogP contribution in [0.1, 0.15) is 20.3 Å². The molecule has 90 valence electrons. The molecule has 0 N–H and O–H groups in total. The average Bonchev–Trinajstić information content (AvgIpc) is 2.27. The first kappa shape index (κ1) is 13.0. The predicted molar refractivity (Wildman–Crippen MR) is 59.2 cm³/mol. The van der Waals surface area contributed by atoms with Gasteiger partial charge >= 0.3 is 0 Å². The maximum absolute atomic E-state index is 12.0. The molecule has 1 atom stereocenters. The van der Waals surface area contributed by atoms with E-state index in [2.05, 4.69) is 0 Å². The van der Waals surface area contributed by atoms with E-state index in [-0.39, 0.29) is 30.5 Å². The van der Waals surface area contributed by atoms with Crippen molar-refractivity contribution in [3.05, 3.63) is 0 Å². The third-order valence-corrected chi connectivity index (χ3v) is 4.67. The standard InChI is InChI=1S/C10H16N2O3S/c1-3-10(2,8-11)9(13)12-4-6-16(14,15)7-5-12/h3-7H2,1-2H3. The second kappa shape index (κ2) is 4.42. The Morgan fingerprint density at radius 2 is 1.94 bits per heavy atom. The quantitative estimate of drug-likeness (QED) is 0.694. The summed E-state index contributed by atoms with van der Waals surface area (Å²) >= 11 is 0. The first-order valence-electron chi connectivity index (χ1n) is 5.26. The summed E-state index contributed by atoms with van der Waals surface area (Å²) in [5.41, 5.74) is -1.03. The minimum absolute atomic E-state index is 0.00393. The zero-order valence-electron chi connectivity index (χ0n) is 9.56. The third kappa shape index (κ3) is 2.53. The topological polar surface area (TPSA) is 78.2 Å². The number of nitrogens with zero attached hydrogens (tertiary/aromatic N) is 2. The molecule has 6 heteroatoms. The van der Waals surface area contributed by atoms with Crippen molar-refractivity contribution < 1.29 is 13.2 Å². The average molecular weight is 244 g/mol. The maximum atomic E-state index is 12.0. The zero-order chi connectivity index (χ0) is 12.4. The molecule has 1 amide bonds. The van der Waals surface area contributed by atoms with Crippen LogP contribution in [0, 0.1) is 16.7 Å². The van der Waals surface area contributed by atoms with E-state index in [4.69, 9.17) is 5.26 Å². The van der Waals surface area contributed by atoms with Gasteiger partial charge in [-0.2, -0.15) is 5.26 Å². The van der Waals surface area contributed by atoms with Crippen LogP contribution in [0.25, 0.3) is 0 Å². The van der Waals surface area contributed by atoms with E-state index in [1.165, 1.54) is 4.90 Å². The van der Waals surface area contributed by atoms with Crippen LogP contribution >= 0.6 is 0 Å². The van der Waals surface area contributed by atoms with Gasteiger partial charge < -0.3 is 4.90 Å². The Morgan fingerprint density at radius 1 is 1.44 bits per heavy atom. The Kier molecular flexibility index (Phi) is 3.58. The van der Waals surface area contributed by atoms with Crippen molar-refractivity contribution in [2.75, 3.05) is 24.6 Å². The van der Waals surface area contributed by atoms with Crippen molar-refractivity contribution in [1.29, 1.82) is 5.26 Å². The number of hydrogen-bond donors (Lipinski definition) is 0. The molecule has 0 aromatic carbocycles. The second-order valence-corrected chi connectivity index (χ2v) is 6.55. The minimum Gasteiger partial charge on any atom is -0.339 e. The first-order valence-corrected chi connectivity index (χ1v) is 7.08. The summed E-state index contributed by atoms with van der Waals surface area (Å²) in [5, 5.41) is 8.97. The van der Waals surface area contributed by atoms with Gasteiger partial charge in [-0.1, -0.05) is 6.92 Å². The summed E-state index contributed by atoms with van der Waals surface area (Å²) in [7, 11) is -2.98. The van der Waals surface area contributed by atoms with Crippen LogP contribution < -0.4 is 0 Å². The number of sulfone groups is 1. The van der Waals surface area contributed by atoms with Gasteiger partial charge in [0.05, 0.1) is 17.6 Å². The van der Waals surface area contributed by atoms with Crippen LogP contribution in [0.15, 0.2) is 0 Å². The van der Waals surface area contributed by atoms with Gasteiger partial charge in [-0.15, -0.1) is 0 Å². The molecule has 0 aromatic heterocycles. The van der Waals surface area contributed by atoms with Crippen LogP contribution in [0.4, 0.5) is 0 Å². The molecule has 5 nitrogen and oxygen atoms in total. The van der Waals surface area contributed by atoms with Crippen molar-refractivity contribution in [1.82, 2.24) is 4.90 Å². The minimum atomic E-state index is -2.98. The van der Waals surface area contributed by atoms with Gasteiger partial charge in [0.1, 0.15) is 5.41 Å². The van der Waals surface area contributed by atoms with E-state index >= 15 is 0 Å². The number of rotatable bonds is 2. The molecular formula is C10H16N2O3S. The van der Waals surface area contributed by atoms with E-state index in [0.717, 1.165) is 0 Å². The monoisotopic (exact) mass is 244 g/mol. The highest BCUT2D eigenvalue weighted by Crippen LogP contribution is 2.23. The van der Waals surface area contributed by atoms with E-state index in [1.807, 2.05) is 6.07 Å². The smallest absolute Gasteiger partial charge is 0.242 e. The second-order valence-electron chi connectivity index (χ2n) is 4.24. The van der Waals surface area contributed by atoms with Crippen molar-refractivity contribution in [2.45, 2.75) is 20.3 Å². The molecule has 0 aliphatic carbocycles. The normalized spacial score (nSPS) is 23.2. The highest BCUT2D eigenvalue weighted by Gasteiger charge is 2.37. The molecule has 0 bridgehead atoms. The fourth-order valence-electron chi connectivity index (χ4n) is 1.54. The lowest BCUT2D eigenvalue weighted by molar-refractivity contribution is -0.138. The SMILES string of the molecule is CCC(C)(C#N)C(=O)N1CCS(=O)(=O)CC1. The van der Waals surface area contributed by atoms with Crippen LogP contribution in [-0.4, -0.2) is 43.8 Å². The van der Waals surface area contributed by atoms with Crippen molar-refractivity contribution in [3.8, 4) is 6.07 Å². The van der Waals surface area contributed by atoms with Crippen LogP contribution in [0.2, 0.25) is 0 Å². The molecule has 1 fully saturated rings. The summed E-state index contributed by atoms with van der Waals surface area (Å²) in [4.78, 5) is 13.5. The van der Waals surface area contributed by atoms with E-state index < -0.39 is 15.3 Å². The first-order chi connectivity index (χ1) is 7.34. The summed E-state index contributed by atoms with van der Waals surface area (Å²) < 4.78 is 22.4. The molecule has 1 rings (SSSR count). The van der Waals surface area contributed by atoms with Gasteiger partial charge in [-0.3, -0.25) is 4.79 Å². The van der Waals surface area contributed by atoms with E-state index in [1.54, 1.807) is 13.8 Å². The molecular weight excluding hydrogens is 228 g/mol. The fraction of sp³-hybridized carbons (Fsp3) is 0.800. The lowest BCUT2D eigenvalue weighted by atomic mass is 9.88. The third-order valence-electron chi connectivity index (χ3n) is 3.06. The van der Waals surface area contributed by atoms with Gasteiger partial charge in [-0.05, 0) is 13.3 Å². The molecule has 0 spiro atoms. The number of carbonyl (C=O) groups is 1. The molecule has 1 heterocycles. The number of carbonyl (C=O) groups excluding carboxylic acids is 1. The largest absolute Gasteiger partial charge is 0.339 e. The molecule has 0 saturated carbocycles. The van der Waals surface area contributed by atoms with Crippen molar-refractivity contribution >= 4 is 15.7 Å². The van der Waals surface area contributed by atoms with Gasteiger partial charge in [0.15, 0.2) is 9.84 Å². The Hall–Kier alpha value is -1.09. The summed E-state index contributed by atoms with van der Waals surface area (Å²) in [6, 6.07) is 2.01. The molecule has 1 aliphatic rings. The fourth-order valence-corrected chi connectivity index (χ4v) is 2.74. The van der Waals surface area contributed by atoms with Crippen LogP contribution in [0.3, 0.4) is 0 Å². The Balaban J connectivity index is 2.75. The van der Waals surface area contributed by atoms with Gasteiger partial charge in [-0.25, -0.2) is 8.42 Å². The summed E-state index contributed by atoms with van der Waals surface area (Å²) in [6.07, 6.45) is 0.436.